The van der Waals surface area contributed by atoms with Gasteiger partial charge in [0.1, 0.15) is 6.04 Å². The van der Waals surface area contributed by atoms with Crippen molar-refractivity contribution in [3.63, 3.8) is 0 Å². The molecular weight excluding hydrogens is 342 g/mol. The van der Waals surface area contributed by atoms with E-state index >= 15 is 0 Å². The molecule has 1 aromatic carbocycles. The van der Waals surface area contributed by atoms with Crippen LogP contribution in [0.25, 0.3) is 0 Å². The molecule has 2 rings (SSSR count). The lowest BCUT2D eigenvalue weighted by atomic mass is 10.2. The lowest BCUT2D eigenvalue weighted by Gasteiger charge is -2.17. The third-order valence-corrected chi connectivity index (χ3v) is 5.40. The van der Waals surface area contributed by atoms with Gasteiger partial charge in [-0.3, -0.25) is 4.79 Å². The van der Waals surface area contributed by atoms with Crippen molar-refractivity contribution in [1.29, 1.82) is 0 Å². The molecule has 0 radical (unpaired) electrons. The Bertz CT molecular complexity index is 708. The number of sulfone groups is 1. The van der Waals surface area contributed by atoms with Crippen molar-refractivity contribution in [3.8, 4) is 0 Å². The monoisotopic (exact) mass is 359 g/mol. The molecule has 23 heavy (non-hydrogen) atoms. The van der Waals surface area contributed by atoms with Gasteiger partial charge in [0.25, 0.3) is 0 Å². The van der Waals surface area contributed by atoms with Gasteiger partial charge in [-0.05, 0) is 31.5 Å². The first-order valence-corrected chi connectivity index (χ1v) is 9.29. The first-order valence-electron chi connectivity index (χ1n) is 7.09. The van der Waals surface area contributed by atoms with Crippen LogP contribution in [0.3, 0.4) is 0 Å². The summed E-state index contributed by atoms with van der Waals surface area (Å²) < 4.78 is 22.7. The lowest BCUT2D eigenvalue weighted by molar-refractivity contribution is -0.117. The topological polar surface area (TPSA) is 104 Å². The molecule has 3 amide bonds. The van der Waals surface area contributed by atoms with Crippen LogP contribution in [0.1, 0.15) is 13.3 Å². The van der Waals surface area contributed by atoms with Gasteiger partial charge in [0.2, 0.25) is 5.91 Å². The highest BCUT2D eigenvalue weighted by atomic mass is 35.5. The summed E-state index contributed by atoms with van der Waals surface area (Å²) in [5, 5.41) is 8.16. The van der Waals surface area contributed by atoms with Crippen molar-refractivity contribution in [2.45, 2.75) is 25.4 Å². The van der Waals surface area contributed by atoms with Crippen LogP contribution in [-0.4, -0.2) is 43.9 Å². The predicted octanol–water partition coefficient (Wildman–Crippen LogP) is 1.15. The van der Waals surface area contributed by atoms with E-state index < -0.39 is 33.9 Å². The molecule has 1 saturated heterocycles. The van der Waals surface area contributed by atoms with Crippen LogP contribution in [0.5, 0.6) is 0 Å². The number of halogens is 1. The number of carbonyl (C=O) groups excluding carboxylic acids is 2. The highest BCUT2D eigenvalue weighted by Gasteiger charge is 2.29. The minimum absolute atomic E-state index is 0.0660. The van der Waals surface area contributed by atoms with E-state index in [9.17, 15) is 18.0 Å². The molecule has 0 aromatic heterocycles. The molecule has 0 bridgehead atoms. The Hall–Kier alpha value is -1.80. The number of benzene rings is 1. The molecule has 3 N–H and O–H groups in total. The molecular formula is C14H18ClN3O4S. The molecule has 2 atom stereocenters. The van der Waals surface area contributed by atoms with E-state index in [4.69, 9.17) is 11.6 Å². The van der Waals surface area contributed by atoms with Crippen molar-refractivity contribution in [3.05, 3.63) is 29.3 Å². The quantitative estimate of drug-likeness (QED) is 0.750. The molecule has 0 spiro atoms. The van der Waals surface area contributed by atoms with E-state index in [0.717, 1.165) is 0 Å². The van der Waals surface area contributed by atoms with Gasteiger partial charge < -0.3 is 16.0 Å². The van der Waals surface area contributed by atoms with E-state index in [-0.39, 0.29) is 11.5 Å². The zero-order chi connectivity index (χ0) is 17.0. The fraction of sp³-hybridized carbons (Fsp3) is 0.429. The fourth-order valence-electron chi connectivity index (χ4n) is 2.21. The summed E-state index contributed by atoms with van der Waals surface area (Å²) in [6.45, 7) is 1.53. The van der Waals surface area contributed by atoms with Crippen LogP contribution >= 0.6 is 11.6 Å². The lowest BCUT2D eigenvalue weighted by Crippen LogP contribution is -2.49. The van der Waals surface area contributed by atoms with Gasteiger partial charge >= 0.3 is 6.03 Å². The SMILES string of the molecule is C[C@H](NC(=O)N[C@H]1CCS(=O)(=O)C1)C(=O)Nc1cccc(Cl)c1. The smallest absolute Gasteiger partial charge is 0.315 e. The summed E-state index contributed by atoms with van der Waals surface area (Å²) >= 11 is 5.83. The second kappa shape index (κ2) is 7.18. The predicted molar refractivity (Wildman–Crippen MR) is 88.3 cm³/mol. The zero-order valence-corrected chi connectivity index (χ0v) is 14.1. The summed E-state index contributed by atoms with van der Waals surface area (Å²) in [6.07, 6.45) is 0.388. The van der Waals surface area contributed by atoms with Gasteiger partial charge in [0, 0.05) is 16.8 Å². The van der Waals surface area contributed by atoms with Gasteiger partial charge in [0.15, 0.2) is 9.84 Å². The molecule has 1 heterocycles. The Balaban J connectivity index is 1.82. The van der Waals surface area contributed by atoms with Gasteiger partial charge in [0.05, 0.1) is 11.5 Å². The largest absolute Gasteiger partial charge is 0.334 e. The average molecular weight is 360 g/mol. The number of carbonyl (C=O) groups is 2. The van der Waals surface area contributed by atoms with Gasteiger partial charge in [-0.25, -0.2) is 13.2 Å². The Labute approximate surface area is 139 Å². The van der Waals surface area contributed by atoms with E-state index in [1.807, 2.05) is 0 Å². The summed E-state index contributed by atoms with van der Waals surface area (Å²) in [5.74, 6) is -0.395. The van der Waals surface area contributed by atoms with E-state index in [1.54, 1.807) is 24.3 Å². The van der Waals surface area contributed by atoms with Crippen molar-refractivity contribution < 1.29 is 18.0 Å². The standard InChI is InChI=1S/C14H18ClN3O4S/c1-9(13(19)17-11-4-2-3-10(15)7-11)16-14(20)18-12-5-6-23(21,22)8-12/h2-4,7,9,12H,5-6,8H2,1H3,(H,17,19)(H2,16,18,20)/t9-,12-/m0/s1. The maximum atomic E-state index is 12.0. The van der Waals surface area contributed by atoms with Crippen LogP contribution in [0, 0.1) is 0 Å². The van der Waals surface area contributed by atoms with E-state index in [2.05, 4.69) is 16.0 Å². The van der Waals surface area contributed by atoms with Crippen molar-refractivity contribution in [2.75, 3.05) is 16.8 Å². The number of amides is 3. The molecule has 0 aliphatic carbocycles. The van der Waals surface area contributed by atoms with E-state index in [1.165, 1.54) is 6.92 Å². The number of rotatable bonds is 4. The highest BCUT2D eigenvalue weighted by Crippen LogP contribution is 2.15. The normalized spacial score (nSPS) is 20.5. The molecule has 0 unspecified atom stereocenters. The second-order valence-electron chi connectivity index (χ2n) is 5.44. The van der Waals surface area contributed by atoms with Gasteiger partial charge in [-0.2, -0.15) is 0 Å². The highest BCUT2D eigenvalue weighted by molar-refractivity contribution is 7.91. The molecule has 126 valence electrons. The van der Waals surface area contributed by atoms with Crippen molar-refractivity contribution >= 4 is 39.1 Å². The number of hydrogen-bond acceptors (Lipinski definition) is 4. The number of urea groups is 1. The van der Waals surface area contributed by atoms with E-state index in [0.29, 0.717) is 17.1 Å². The molecule has 1 aliphatic heterocycles. The molecule has 9 heteroatoms. The first-order chi connectivity index (χ1) is 10.7. The Kier molecular flexibility index (Phi) is 5.48. The van der Waals surface area contributed by atoms with Crippen molar-refractivity contribution in [2.24, 2.45) is 0 Å². The Morgan fingerprint density at radius 1 is 1.35 bits per heavy atom. The minimum atomic E-state index is -3.06. The molecule has 7 nitrogen and oxygen atoms in total. The number of hydrogen-bond donors (Lipinski definition) is 3. The van der Waals surface area contributed by atoms with Crippen molar-refractivity contribution in [1.82, 2.24) is 10.6 Å². The Morgan fingerprint density at radius 2 is 2.09 bits per heavy atom. The summed E-state index contributed by atoms with van der Waals surface area (Å²) in [7, 11) is -3.06. The summed E-state index contributed by atoms with van der Waals surface area (Å²) in [5.41, 5.74) is 0.526. The Morgan fingerprint density at radius 3 is 2.70 bits per heavy atom. The fourth-order valence-corrected chi connectivity index (χ4v) is 4.08. The summed E-state index contributed by atoms with van der Waals surface area (Å²) in [6, 6.07) is 4.89. The minimum Gasteiger partial charge on any atom is -0.334 e. The molecule has 1 fully saturated rings. The number of nitrogens with one attached hydrogen (secondary N) is 3. The number of anilines is 1. The van der Waals surface area contributed by atoms with Crippen LogP contribution in [0.15, 0.2) is 24.3 Å². The van der Waals surface area contributed by atoms with Crippen LogP contribution < -0.4 is 16.0 Å². The maximum absolute atomic E-state index is 12.0. The molecule has 1 aliphatic rings. The third-order valence-electron chi connectivity index (χ3n) is 3.40. The van der Waals surface area contributed by atoms with Crippen LogP contribution in [0.4, 0.5) is 10.5 Å². The summed E-state index contributed by atoms with van der Waals surface area (Å²) in [4.78, 5) is 23.8. The van der Waals surface area contributed by atoms with Gasteiger partial charge in [-0.15, -0.1) is 0 Å². The van der Waals surface area contributed by atoms with Crippen LogP contribution in [-0.2, 0) is 14.6 Å². The maximum Gasteiger partial charge on any atom is 0.315 e. The zero-order valence-electron chi connectivity index (χ0n) is 12.5. The average Bonchev–Trinajstić information content (AvgIpc) is 2.77. The molecule has 0 saturated carbocycles. The molecule has 1 aromatic rings. The first kappa shape index (κ1) is 17.6. The third kappa shape index (κ3) is 5.40. The van der Waals surface area contributed by atoms with Gasteiger partial charge in [-0.1, -0.05) is 17.7 Å². The second-order valence-corrected chi connectivity index (χ2v) is 8.10. The van der Waals surface area contributed by atoms with Crippen LogP contribution in [0.2, 0.25) is 5.02 Å².